The Bertz CT molecular complexity index is 905. The lowest BCUT2D eigenvalue weighted by Gasteiger charge is -2.21. The Labute approximate surface area is 158 Å². The molecule has 1 amide bonds. The standard InChI is InChI=1S/C22H23NO4/c1-2-27-20(25)13-23-18-10-6-5-9-16(18)21(22(23)26)17-11-14-7-3-4-8-15(14)12-19(17)24/h5-6,9-12,21,24H,2-4,7-8,13H2,1H3. The van der Waals surface area contributed by atoms with E-state index in [0.29, 0.717) is 11.3 Å². The van der Waals surface area contributed by atoms with Crippen LogP contribution >= 0.6 is 0 Å². The molecule has 1 unspecified atom stereocenters. The number of aromatic hydroxyl groups is 1. The van der Waals surface area contributed by atoms with E-state index in [1.54, 1.807) is 6.92 Å². The molecule has 0 radical (unpaired) electrons. The van der Waals surface area contributed by atoms with E-state index in [4.69, 9.17) is 4.74 Å². The Kier molecular flexibility index (Phi) is 4.60. The fraction of sp³-hybridized carbons (Fsp3) is 0.364. The van der Waals surface area contributed by atoms with Gasteiger partial charge in [-0.2, -0.15) is 0 Å². The largest absolute Gasteiger partial charge is 0.508 e. The number of para-hydroxylation sites is 1. The van der Waals surface area contributed by atoms with Gasteiger partial charge >= 0.3 is 5.97 Å². The number of hydrogen-bond acceptors (Lipinski definition) is 4. The molecule has 2 aliphatic rings. The zero-order chi connectivity index (χ0) is 19.0. The van der Waals surface area contributed by atoms with Crippen molar-refractivity contribution in [2.75, 3.05) is 18.1 Å². The third-order valence-corrected chi connectivity index (χ3v) is 5.45. The minimum atomic E-state index is -0.595. The van der Waals surface area contributed by atoms with Crippen LogP contribution in [0.4, 0.5) is 5.69 Å². The maximum Gasteiger partial charge on any atom is 0.326 e. The molecule has 1 aliphatic heterocycles. The number of fused-ring (bicyclic) bond motifs is 2. The van der Waals surface area contributed by atoms with Gasteiger partial charge in [0.15, 0.2) is 0 Å². The summed E-state index contributed by atoms with van der Waals surface area (Å²) < 4.78 is 5.02. The number of ether oxygens (including phenoxy) is 1. The summed E-state index contributed by atoms with van der Waals surface area (Å²) in [4.78, 5) is 26.7. The summed E-state index contributed by atoms with van der Waals surface area (Å²) >= 11 is 0. The van der Waals surface area contributed by atoms with E-state index in [1.165, 1.54) is 16.0 Å². The third kappa shape index (κ3) is 3.07. The molecule has 1 atom stereocenters. The van der Waals surface area contributed by atoms with Crippen LogP contribution in [0.1, 0.15) is 47.9 Å². The molecule has 1 heterocycles. The van der Waals surface area contributed by atoms with Crippen LogP contribution in [-0.2, 0) is 27.2 Å². The van der Waals surface area contributed by atoms with E-state index < -0.39 is 11.9 Å². The number of hydrogen-bond donors (Lipinski definition) is 1. The molecule has 0 saturated heterocycles. The minimum Gasteiger partial charge on any atom is -0.508 e. The molecule has 0 spiro atoms. The first-order valence-corrected chi connectivity index (χ1v) is 9.50. The Balaban J connectivity index is 1.75. The highest BCUT2D eigenvalue weighted by Gasteiger charge is 2.40. The molecule has 1 N–H and O–H groups in total. The van der Waals surface area contributed by atoms with E-state index in [0.717, 1.165) is 31.2 Å². The summed E-state index contributed by atoms with van der Waals surface area (Å²) in [6.07, 6.45) is 4.19. The number of phenolic OH excluding ortho intramolecular Hbond substituents is 1. The van der Waals surface area contributed by atoms with Gasteiger partial charge in [0.25, 0.3) is 0 Å². The second kappa shape index (κ2) is 7.06. The van der Waals surface area contributed by atoms with E-state index in [-0.39, 0.29) is 24.8 Å². The van der Waals surface area contributed by atoms with Crippen molar-refractivity contribution in [2.45, 2.75) is 38.5 Å². The molecule has 5 heteroatoms. The van der Waals surface area contributed by atoms with Gasteiger partial charge in [-0.05, 0) is 61.4 Å². The first kappa shape index (κ1) is 17.6. The normalized spacial score (nSPS) is 18.2. The Morgan fingerprint density at radius 2 is 1.85 bits per heavy atom. The van der Waals surface area contributed by atoms with Crippen LogP contribution in [0.25, 0.3) is 0 Å². The zero-order valence-electron chi connectivity index (χ0n) is 15.4. The molecule has 4 rings (SSSR count). The molecule has 1 aliphatic carbocycles. The second-order valence-electron chi connectivity index (χ2n) is 7.11. The second-order valence-corrected chi connectivity index (χ2v) is 7.11. The molecule has 0 aromatic heterocycles. The molecule has 0 saturated carbocycles. The molecular weight excluding hydrogens is 342 g/mol. The SMILES string of the molecule is CCOC(=O)CN1C(=O)C(c2cc3c(cc2O)CCCC3)c2ccccc21. The van der Waals surface area contributed by atoms with E-state index >= 15 is 0 Å². The van der Waals surface area contributed by atoms with Gasteiger partial charge in [-0.25, -0.2) is 0 Å². The van der Waals surface area contributed by atoms with Crippen LogP contribution in [0.5, 0.6) is 5.75 Å². The van der Waals surface area contributed by atoms with Crippen molar-refractivity contribution in [1.82, 2.24) is 0 Å². The maximum atomic E-state index is 13.2. The summed E-state index contributed by atoms with van der Waals surface area (Å²) in [6, 6.07) is 11.2. The van der Waals surface area contributed by atoms with Crippen molar-refractivity contribution in [3.63, 3.8) is 0 Å². The van der Waals surface area contributed by atoms with Crippen molar-refractivity contribution in [2.24, 2.45) is 0 Å². The van der Waals surface area contributed by atoms with Crippen LogP contribution in [0.2, 0.25) is 0 Å². The summed E-state index contributed by atoms with van der Waals surface area (Å²) in [5, 5.41) is 10.7. The van der Waals surface area contributed by atoms with Crippen LogP contribution < -0.4 is 4.90 Å². The fourth-order valence-corrected chi connectivity index (χ4v) is 4.21. The predicted octanol–water partition coefficient (Wildman–Crippen LogP) is 3.31. The van der Waals surface area contributed by atoms with Crippen LogP contribution in [0, 0.1) is 0 Å². The monoisotopic (exact) mass is 365 g/mol. The lowest BCUT2D eigenvalue weighted by Crippen LogP contribution is -2.35. The molecule has 140 valence electrons. The first-order chi connectivity index (χ1) is 13.1. The summed E-state index contributed by atoms with van der Waals surface area (Å²) in [5.41, 5.74) is 4.53. The average molecular weight is 365 g/mol. The topological polar surface area (TPSA) is 66.8 Å². The lowest BCUT2D eigenvalue weighted by molar-refractivity contribution is -0.142. The highest BCUT2D eigenvalue weighted by atomic mass is 16.5. The number of anilines is 1. The number of phenols is 1. The van der Waals surface area contributed by atoms with Crippen molar-refractivity contribution in [3.8, 4) is 5.75 Å². The molecule has 0 bridgehead atoms. The average Bonchev–Trinajstić information content (AvgIpc) is 2.93. The van der Waals surface area contributed by atoms with E-state index in [1.807, 2.05) is 36.4 Å². The number of benzene rings is 2. The Morgan fingerprint density at radius 3 is 2.59 bits per heavy atom. The molecule has 27 heavy (non-hydrogen) atoms. The van der Waals surface area contributed by atoms with Gasteiger partial charge in [-0.15, -0.1) is 0 Å². The summed E-state index contributed by atoms with van der Waals surface area (Å²) in [5.74, 6) is -1.07. The fourth-order valence-electron chi connectivity index (χ4n) is 4.21. The van der Waals surface area contributed by atoms with E-state index in [2.05, 4.69) is 0 Å². The van der Waals surface area contributed by atoms with Crippen LogP contribution in [0.15, 0.2) is 36.4 Å². The van der Waals surface area contributed by atoms with Gasteiger partial charge in [0.2, 0.25) is 5.91 Å². The zero-order valence-corrected chi connectivity index (χ0v) is 15.4. The predicted molar refractivity (Wildman–Crippen MR) is 102 cm³/mol. The number of carbonyl (C=O) groups is 2. The molecular formula is C22H23NO4. The third-order valence-electron chi connectivity index (χ3n) is 5.45. The van der Waals surface area contributed by atoms with Gasteiger partial charge in [0, 0.05) is 11.3 Å². The van der Waals surface area contributed by atoms with Gasteiger partial charge in [-0.3, -0.25) is 9.59 Å². The van der Waals surface area contributed by atoms with Crippen molar-refractivity contribution in [1.29, 1.82) is 0 Å². The number of aryl methyl sites for hydroxylation is 2. The number of esters is 1. The quantitative estimate of drug-likeness (QED) is 0.844. The smallest absolute Gasteiger partial charge is 0.326 e. The Morgan fingerprint density at radius 1 is 1.15 bits per heavy atom. The van der Waals surface area contributed by atoms with Crippen LogP contribution in [-0.4, -0.2) is 30.1 Å². The summed E-state index contributed by atoms with van der Waals surface area (Å²) in [7, 11) is 0. The highest BCUT2D eigenvalue weighted by Crippen LogP contribution is 2.44. The maximum absolute atomic E-state index is 13.2. The van der Waals surface area contributed by atoms with Gasteiger partial charge in [0.05, 0.1) is 12.5 Å². The summed E-state index contributed by atoms with van der Waals surface area (Å²) in [6.45, 7) is 1.90. The first-order valence-electron chi connectivity index (χ1n) is 9.50. The number of amides is 1. The number of rotatable bonds is 4. The van der Waals surface area contributed by atoms with Gasteiger partial charge in [-0.1, -0.05) is 24.3 Å². The van der Waals surface area contributed by atoms with Crippen molar-refractivity contribution in [3.05, 3.63) is 58.7 Å². The van der Waals surface area contributed by atoms with Gasteiger partial charge in [0.1, 0.15) is 12.3 Å². The van der Waals surface area contributed by atoms with Crippen molar-refractivity contribution < 1.29 is 19.4 Å². The Hall–Kier alpha value is -2.82. The van der Waals surface area contributed by atoms with Gasteiger partial charge < -0.3 is 14.7 Å². The molecule has 0 fully saturated rings. The number of carbonyl (C=O) groups excluding carboxylic acids is 2. The molecule has 5 nitrogen and oxygen atoms in total. The minimum absolute atomic E-state index is 0.119. The lowest BCUT2D eigenvalue weighted by atomic mass is 9.85. The highest BCUT2D eigenvalue weighted by molar-refractivity contribution is 6.09. The van der Waals surface area contributed by atoms with Crippen LogP contribution in [0.3, 0.4) is 0 Å². The number of nitrogens with zero attached hydrogens (tertiary/aromatic N) is 1. The molecule has 2 aromatic carbocycles. The van der Waals surface area contributed by atoms with Crippen molar-refractivity contribution >= 4 is 17.6 Å². The molecule has 2 aromatic rings. The van der Waals surface area contributed by atoms with E-state index in [9.17, 15) is 14.7 Å².